The van der Waals surface area contributed by atoms with Crippen molar-refractivity contribution in [1.82, 2.24) is 9.88 Å². The van der Waals surface area contributed by atoms with Crippen molar-refractivity contribution >= 4 is 17.6 Å². The number of aromatic nitrogens is 1. The summed E-state index contributed by atoms with van der Waals surface area (Å²) in [6.07, 6.45) is 3.23. The molecule has 0 radical (unpaired) electrons. The Bertz CT molecular complexity index is 348. The van der Waals surface area contributed by atoms with Gasteiger partial charge < -0.3 is 0 Å². The highest BCUT2D eigenvalue weighted by molar-refractivity contribution is 7.09. The predicted molar refractivity (Wildman–Crippen MR) is 61.3 cm³/mol. The van der Waals surface area contributed by atoms with Gasteiger partial charge in [-0.2, -0.15) is 0 Å². The fraction of sp³-hybridized carbons (Fsp3) is 0.636. The number of aldehydes is 1. The molecule has 2 heterocycles. The van der Waals surface area contributed by atoms with Crippen molar-refractivity contribution in [2.75, 3.05) is 6.54 Å². The number of thiazole rings is 1. The van der Waals surface area contributed by atoms with Crippen molar-refractivity contribution in [2.45, 2.75) is 38.8 Å². The molecule has 2 rings (SSSR count). The SMILES string of the molecule is CC(C)N1CCCC1c1nc(C=O)cs1. The zero-order valence-corrected chi connectivity index (χ0v) is 9.96. The molecule has 0 amide bonds. The fourth-order valence-electron chi connectivity index (χ4n) is 2.18. The number of carbonyl (C=O) groups is 1. The van der Waals surface area contributed by atoms with Crippen LogP contribution in [-0.4, -0.2) is 28.8 Å². The van der Waals surface area contributed by atoms with E-state index in [-0.39, 0.29) is 0 Å². The van der Waals surface area contributed by atoms with Crippen LogP contribution in [0.1, 0.15) is 48.2 Å². The van der Waals surface area contributed by atoms with E-state index < -0.39 is 0 Å². The molecule has 1 unspecified atom stereocenters. The molecule has 1 fully saturated rings. The zero-order chi connectivity index (χ0) is 10.8. The molecule has 1 saturated heterocycles. The summed E-state index contributed by atoms with van der Waals surface area (Å²) in [5.41, 5.74) is 0.575. The van der Waals surface area contributed by atoms with Crippen molar-refractivity contribution in [2.24, 2.45) is 0 Å². The topological polar surface area (TPSA) is 33.2 Å². The van der Waals surface area contributed by atoms with Crippen LogP contribution in [0.4, 0.5) is 0 Å². The molecular weight excluding hydrogens is 208 g/mol. The number of hydrogen-bond acceptors (Lipinski definition) is 4. The number of hydrogen-bond donors (Lipinski definition) is 0. The summed E-state index contributed by atoms with van der Waals surface area (Å²) >= 11 is 1.61. The number of nitrogens with zero attached hydrogens (tertiary/aromatic N) is 2. The van der Waals surface area contributed by atoms with Gasteiger partial charge in [0.25, 0.3) is 0 Å². The fourth-order valence-corrected chi connectivity index (χ4v) is 3.10. The van der Waals surface area contributed by atoms with Gasteiger partial charge in [-0.3, -0.25) is 9.69 Å². The number of carbonyl (C=O) groups excluding carboxylic acids is 1. The van der Waals surface area contributed by atoms with Crippen LogP contribution in [0.25, 0.3) is 0 Å². The highest BCUT2D eigenvalue weighted by Gasteiger charge is 2.29. The molecule has 3 nitrogen and oxygen atoms in total. The zero-order valence-electron chi connectivity index (χ0n) is 9.14. The minimum Gasteiger partial charge on any atom is -0.296 e. The molecule has 0 N–H and O–H groups in total. The highest BCUT2D eigenvalue weighted by Crippen LogP contribution is 2.34. The van der Waals surface area contributed by atoms with Gasteiger partial charge in [0.15, 0.2) is 6.29 Å². The molecule has 1 atom stereocenters. The first kappa shape index (κ1) is 10.8. The van der Waals surface area contributed by atoms with Gasteiger partial charge in [-0.25, -0.2) is 4.98 Å². The van der Waals surface area contributed by atoms with E-state index in [0.29, 0.717) is 17.8 Å². The molecule has 0 spiro atoms. The van der Waals surface area contributed by atoms with Crippen molar-refractivity contribution < 1.29 is 4.79 Å². The summed E-state index contributed by atoms with van der Waals surface area (Å²) in [7, 11) is 0. The Kier molecular flexibility index (Phi) is 3.17. The lowest BCUT2D eigenvalue weighted by Crippen LogP contribution is -2.30. The third kappa shape index (κ3) is 2.11. The maximum atomic E-state index is 10.6. The molecule has 1 aliphatic rings. The van der Waals surface area contributed by atoms with Gasteiger partial charge in [0, 0.05) is 11.4 Å². The molecule has 1 aromatic rings. The minimum absolute atomic E-state index is 0.434. The monoisotopic (exact) mass is 224 g/mol. The predicted octanol–water partition coefficient (Wildman–Crippen LogP) is 2.50. The maximum absolute atomic E-state index is 10.6. The van der Waals surface area contributed by atoms with E-state index in [2.05, 4.69) is 23.7 Å². The summed E-state index contributed by atoms with van der Waals surface area (Å²) < 4.78 is 0. The molecule has 0 aliphatic carbocycles. The van der Waals surface area contributed by atoms with Gasteiger partial charge in [-0.15, -0.1) is 11.3 Å². The summed E-state index contributed by atoms with van der Waals surface area (Å²) in [5, 5.41) is 2.95. The van der Waals surface area contributed by atoms with E-state index >= 15 is 0 Å². The quantitative estimate of drug-likeness (QED) is 0.740. The van der Waals surface area contributed by atoms with E-state index in [4.69, 9.17) is 0 Å². The molecular formula is C11H16N2OS. The average molecular weight is 224 g/mol. The maximum Gasteiger partial charge on any atom is 0.169 e. The second-order valence-corrected chi connectivity index (χ2v) is 5.11. The first-order chi connectivity index (χ1) is 7.22. The van der Waals surface area contributed by atoms with Crippen LogP contribution >= 0.6 is 11.3 Å². The summed E-state index contributed by atoms with van der Waals surface area (Å²) in [6.45, 7) is 5.58. The van der Waals surface area contributed by atoms with Gasteiger partial charge in [0.05, 0.1) is 6.04 Å². The van der Waals surface area contributed by atoms with E-state index in [9.17, 15) is 4.79 Å². The first-order valence-electron chi connectivity index (χ1n) is 5.38. The van der Waals surface area contributed by atoms with Gasteiger partial charge >= 0.3 is 0 Å². The van der Waals surface area contributed by atoms with Crippen LogP contribution in [0.5, 0.6) is 0 Å². The summed E-state index contributed by atoms with van der Waals surface area (Å²) in [5.74, 6) is 0. The van der Waals surface area contributed by atoms with Crippen LogP contribution in [0.3, 0.4) is 0 Å². The third-order valence-electron chi connectivity index (χ3n) is 2.90. The van der Waals surface area contributed by atoms with E-state index in [1.165, 1.54) is 12.8 Å². The largest absolute Gasteiger partial charge is 0.296 e. The Labute approximate surface area is 94.1 Å². The van der Waals surface area contributed by atoms with Crippen LogP contribution in [-0.2, 0) is 0 Å². The Balaban J connectivity index is 2.18. The van der Waals surface area contributed by atoms with Crippen LogP contribution in [0.2, 0.25) is 0 Å². The Morgan fingerprint density at radius 2 is 2.47 bits per heavy atom. The van der Waals surface area contributed by atoms with Crippen LogP contribution in [0.15, 0.2) is 5.38 Å². The minimum atomic E-state index is 0.434. The second kappa shape index (κ2) is 4.41. The Hall–Kier alpha value is -0.740. The van der Waals surface area contributed by atoms with Crippen LogP contribution < -0.4 is 0 Å². The van der Waals surface area contributed by atoms with Gasteiger partial charge in [0.2, 0.25) is 0 Å². The van der Waals surface area contributed by atoms with Crippen LogP contribution in [0, 0.1) is 0 Å². The average Bonchev–Trinajstić information content (AvgIpc) is 2.85. The van der Waals surface area contributed by atoms with Gasteiger partial charge in [-0.1, -0.05) is 0 Å². The molecule has 1 aliphatic heterocycles. The molecule has 15 heavy (non-hydrogen) atoms. The molecule has 0 aromatic carbocycles. The van der Waals surface area contributed by atoms with E-state index in [1.807, 2.05) is 5.38 Å². The van der Waals surface area contributed by atoms with E-state index in [0.717, 1.165) is 17.8 Å². The first-order valence-corrected chi connectivity index (χ1v) is 6.26. The third-order valence-corrected chi connectivity index (χ3v) is 3.87. The van der Waals surface area contributed by atoms with Crippen molar-refractivity contribution in [3.05, 3.63) is 16.1 Å². The normalized spacial score (nSPS) is 22.5. The highest BCUT2D eigenvalue weighted by atomic mass is 32.1. The van der Waals surface area contributed by atoms with Gasteiger partial charge in [0.1, 0.15) is 10.7 Å². The standard InChI is InChI=1S/C11H16N2OS/c1-8(2)13-5-3-4-10(13)11-12-9(6-14)7-15-11/h6-8,10H,3-5H2,1-2H3. The van der Waals surface area contributed by atoms with Gasteiger partial charge in [-0.05, 0) is 33.2 Å². The lowest BCUT2D eigenvalue weighted by atomic mass is 10.2. The molecule has 82 valence electrons. The second-order valence-electron chi connectivity index (χ2n) is 4.22. The molecule has 0 bridgehead atoms. The molecule has 4 heteroatoms. The van der Waals surface area contributed by atoms with Crippen molar-refractivity contribution in [3.8, 4) is 0 Å². The lowest BCUT2D eigenvalue weighted by molar-refractivity contribution is 0.111. The van der Waals surface area contributed by atoms with Crippen molar-refractivity contribution in [3.63, 3.8) is 0 Å². The smallest absolute Gasteiger partial charge is 0.169 e. The molecule has 1 aromatic heterocycles. The summed E-state index contributed by atoms with van der Waals surface area (Å²) in [4.78, 5) is 17.4. The molecule has 0 saturated carbocycles. The number of likely N-dealkylation sites (tertiary alicyclic amines) is 1. The lowest BCUT2D eigenvalue weighted by Gasteiger charge is -2.26. The number of rotatable bonds is 3. The summed E-state index contributed by atoms with van der Waals surface area (Å²) in [6, 6.07) is 0.991. The Morgan fingerprint density at radius 3 is 3.07 bits per heavy atom. The Morgan fingerprint density at radius 1 is 1.67 bits per heavy atom. The van der Waals surface area contributed by atoms with Crippen molar-refractivity contribution in [1.29, 1.82) is 0 Å². The van der Waals surface area contributed by atoms with E-state index in [1.54, 1.807) is 11.3 Å².